The van der Waals surface area contributed by atoms with Crippen LogP contribution in [0.25, 0.3) is 0 Å². The first kappa shape index (κ1) is 14.3. The summed E-state index contributed by atoms with van der Waals surface area (Å²) in [7, 11) is 0. The summed E-state index contributed by atoms with van der Waals surface area (Å²) in [6, 6.07) is 7.17. The standard InChI is InChI=1S/C14H14ClN3O2S/c15-10-3-1-9(2-4-10)12-11(5-7-20-12)17-13(19)18-14-16-6-8-21-14/h1-4,6,8,11-12H,5,7H2,(H2,16,17,18,19)/t11-,12-/m1/s1. The number of benzene rings is 1. The van der Waals surface area contributed by atoms with E-state index < -0.39 is 0 Å². The van der Waals surface area contributed by atoms with Crippen molar-refractivity contribution >= 4 is 34.1 Å². The topological polar surface area (TPSA) is 63.2 Å². The zero-order valence-electron chi connectivity index (χ0n) is 11.1. The van der Waals surface area contributed by atoms with Crippen LogP contribution in [0.5, 0.6) is 0 Å². The van der Waals surface area contributed by atoms with Crippen LogP contribution >= 0.6 is 22.9 Å². The lowest BCUT2D eigenvalue weighted by molar-refractivity contribution is 0.100. The second-order valence-corrected chi connectivity index (χ2v) is 6.00. The first-order valence-electron chi connectivity index (χ1n) is 6.56. The lowest BCUT2D eigenvalue weighted by Gasteiger charge is -2.20. The highest BCUT2D eigenvalue weighted by molar-refractivity contribution is 7.13. The van der Waals surface area contributed by atoms with Crippen molar-refractivity contribution in [3.63, 3.8) is 0 Å². The third kappa shape index (κ3) is 3.53. The molecule has 1 aromatic heterocycles. The normalized spacial score (nSPS) is 21.2. The number of amides is 2. The van der Waals surface area contributed by atoms with Gasteiger partial charge in [0.05, 0.1) is 6.04 Å². The van der Waals surface area contributed by atoms with E-state index >= 15 is 0 Å². The number of rotatable bonds is 3. The molecule has 0 bridgehead atoms. The van der Waals surface area contributed by atoms with Gasteiger partial charge in [0, 0.05) is 23.2 Å². The van der Waals surface area contributed by atoms with Gasteiger partial charge in [0.1, 0.15) is 6.10 Å². The minimum atomic E-state index is -0.264. The fourth-order valence-corrected chi connectivity index (χ4v) is 2.96. The number of nitrogens with one attached hydrogen (secondary N) is 2. The maximum Gasteiger partial charge on any atom is 0.321 e. The van der Waals surface area contributed by atoms with Crippen LogP contribution in [-0.4, -0.2) is 23.7 Å². The third-order valence-electron chi connectivity index (χ3n) is 3.26. The van der Waals surface area contributed by atoms with Crippen LogP contribution in [0.3, 0.4) is 0 Å². The number of anilines is 1. The molecule has 21 heavy (non-hydrogen) atoms. The Morgan fingerprint density at radius 2 is 2.19 bits per heavy atom. The molecule has 1 aliphatic heterocycles. The van der Waals surface area contributed by atoms with Crippen LogP contribution < -0.4 is 10.6 Å². The van der Waals surface area contributed by atoms with E-state index in [-0.39, 0.29) is 18.2 Å². The molecule has 7 heteroatoms. The van der Waals surface area contributed by atoms with E-state index in [1.54, 1.807) is 6.20 Å². The summed E-state index contributed by atoms with van der Waals surface area (Å²) >= 11 is 7.27. The van der Waals surface area contributed by atoms with Gasteiger partial charge in [-0.1, -0.05) is 23.7 Å². The molecule has 1 aliphatic rings. The van der Waals surface area contributed by atoms with Gasteiger partial charge in [-0.15, -0.1) is 11.3 Å². The summed E-state index contributed by atoms with van der Waals surface area (Å²) in [5.74, 6) is 0. The zero-order valence-corrected chi connectivity index (χ0v) is 12.7. The molecule has 1 saturated heterocycles. The zero-order chi connectivity index (χ0) is 14.7. The molecule has 0 unspecified atom stereocenters. The number of nitrogens with zero attached hydrogens (tertiary/aromatic N) is 1. The van der Waals surface area contributed by atoms with Crippen molar-refractivity contribution in [2.75, 3.05) is 11.9 Å². The second kappa shape index (κ2) is 6.43. The molecule has 2 aromatic rings. The molecule has 3 rings (SSSR count). The van der Waals surface area contributed by atoms with Gasteiger partial charge < -0.3 is 10.1 Å². The lowest BCUT2D eigenvalue weighted by atomic mass is 10.0. The summed E-state index contributed by atoms with van der Waals surface area (Å²) in [5.41, 5.74) is 1.01. The van der Waals surface area contributed by atoms with Crippen LogP contribution in [0.15, 0.2) is 35.8 Å². The average Bonchev–Trinajstić information content (AvgIpc) is 3.11. The molecule has 2 N–H and O–H groups in total. The van der Waals surface area contributed by atoms with Crippen LogP contribution in [0.1, 0.15) is 18.1 Å². The maximum absolute atomic E-state index is 12.0. The average molecular weight is 324 g/mol. The third-order valence-corrected chi connectivity index (χ3v) is 4.20. The van der Waals surface area contributed by atoms with Crippen LogP contribution in [0, 0.1) is 0 Å². The van der Waals surface area contributed by atoms with E-state index in [1.807, 2.05) is 29.6 Å². The second-order valence-electron chi connectivity index (χ2n) is 4.67. The molecule has 2 atom stereocenters. The van der Waals surface area contributed by atoms with E-state index in [2.05, 4.69) is 15.6 Å². The quantitative estimate of drug-likeness (QED) is 0.909. The van der Waals surface area contributed by atoms with Crippen LogP contribution in [0.2, 0.25) is 5.02 Å². The molecule has 2 heterocycles. The molecule has 0 saturated carbocycles. The summed E-state index contributed by atoms with van der Waals surface area (Å²) in [6.07, 6.45) is 2.28. The number of urea groups is 1. The highest BCUT2D eigenvalue weighted by Gasteiger charge is 2.31. The summed E-state index contributed by atoms with van der Waals surface area (Å²) in [4.78, 5) is 16.0. The highest BCUT2D eigenvalue weighted by atomic mass is 35.5. The van der Waals surface area contributed by atoms with Crippen LogP contribution in [0.4, 0.5) is 9.93 Å². The molecule has 1 aromatic carbocycles. The van der Waals surface area contributed by atoms with E-state index in [0.29, 0.717) is 16.8 Å². The Labute approximate surface area is 131 Å². The number of aromatic nitrogens is 1. The molecule has 110 valence electrons. The van der Waals surface area contributed by atoms with Gasteiger partial charge in [0.2, 0.25) is 0 Å². The Balaban J connectivity index is 1.64. The van der Waals surface area contributed by atoms with Crippen LogP contribution in [-0.2, 0) is 4.74 Å². The number of hydrogen-bond acceptors (Lipinski definition) is 4. The Morgan fingerprint density at radius 1 is 1.38 bits per heavy atom. The first-order chi connectivity index (χ1) is 10.2. The van der Waals surface area contributed by atoms with E-state index in [4.69, 9.17) is 16.3 Å². The van der Waals surface area contributed by atoms with Gasteiger partial charge in [0.15, 0.2) is 5.13 Å². The molecule has 1 fully saturated rings. The SMILES string of the molecule is O=C(Nc1nccs1)N[C@@H]1CCO[C@@H]1c1ccc(Cl)cc1. The predicted octanol–water partition coefficient (Wildman–Crippen LogP) is 3.45. The van der Waals surface area contributed by atoms with Crippen molar-refractivity contribution in [1.29, 1.82) is 0 Å². The maximum atomic E-state index is 12.0. The van der Waals surface area contributed by atoms with Gasteiger partial charge in [0.25, 0.3) is 0 Å². The molecule has 0 aliphatic carbocycles. The van der Waals surface area contributed by atoms with E-state index in [9.17, 15) is 4.79 Å². The fraction of sp³-hybridized carbons (Fsp3) is 0.286. The lowest BCUT2D eigenvalue weighted by Crippen LogP contribution is -2.39. The molecule has 0 spiro atoms. The number of thiazole rings is 1. The van der Waals surface area contributed by atoms with Gasteiger partial charge >= 0.3 is 6.03 Å². The van der Waals surface area contributed by atoms with Crippen molar-refractivity contribution in [3.8, 4) is 0 Å². The molecule has 0 radical (unpaired) electrons. The number of ether oxygens (including phenoxy) is 1. The van der Waals surface area contributed by atoms with Gasteiger partial charge in [-0.05, 0) is 24.1 Å². The minimum Gasteiger partial charge on any atom is -0.371 e. The largest absolute Gasteiger partial charge is 0.371 e. The molecule has 5 nitrogen and oxygen atoms in total. The van der Waals surface area contributed by atoms with Crippen molar-refractivity contribution in [1.82, 2.24) is 10.3 Å². The first-order valence-corrected chi connectivity index (χ1v) is 7.82. The number of hydrogen-bond donors (Lipinski definition) is 2. The summed E-state index contributed by atoms with van der Waals surface area (Å²) in [5, 5.41) is 8.72. The highest BCUT2D eigenvalue weighted by Crippen LogP contribution is 2.30. The Morgan fingerprint density at radius 3 is 2.90 bits per heavy atom. The summed E-state index contributed by atoms with van der Waals surface area (Å²) in [6.45, 7) is 0.621. The van der Waals surface area contributed by atoms with Gasteiger partial charge in [-0.3, -0.25) is 5.32 Å². The van der Waals surface area contributed by atoms with E-state index in [0.717, 1.165) is 12.0 Å². The predicted molar refractivity (Wildman–Crippen MR) is 82.8 cm³/mol. The minimum absolute atomic E-state index is 0.0638. The monoisotopic (exact) mass is 323 g/mol. The van der Waals surface area contributed by atoms with Gasteiger partial charge in [-0.2, -0.15) is 0 Å². The number of carbonyl (C=O) groups is 1. The molecular weight excluding hydrogens is 310 g/mol. The molecule has 2 amide bonds. The van der Waals surface area contributed by atoms with Crippen molar-refractivity contribution in [2.24, 2.45) is 0 Å². The Bertz CT molecular complexity index is 603. The summed E-state index contributed by atoms with van der Waals surface area (Å²) < 4.78 is 5.73. The van der Waals surface area contributed by atoms with Crippen molar-refractivity contribution in [3.05, 3.63) is 46.4 Å². The van der Waals surface area contributed by atoms with Crippen molar-refractivity contribution < 1.29 is 9.53 Å². The van der Waals surface area contributed by atoms with E-state index in [1.165, 1.54) is 11.3 Å². The Hall–Kier alpha value is -1.63. The molecular formula is C14H14ClN3O2S. The Kier molecular flexibility index (Phi) is 4.38. The smallest absolute Gasteiger partial charge is 0.321 e. The van der Waals surface area contributed by atoms with Gasteiger partial charge in [-0.25, -0.2) is 9.78 Å². The van der Waals surface area contributed by atoms with Crippen molar-refractivity contribution in [2.45, 2.75) is 18.6 Å². The fourth-order valence-electron chi connectivity index (χ4n) is 2.31. The number of carbonyl (C=O) groups excluding carboxylic acids is 1. The number of halogens is 1.